The predicted molar refractivity (Wildman–Crippen MR) is 116 cm³/mol. The first-order chi connectivity index (χ1) is 17.0. The zero-order valence-electron chi connectivity index (χ0n) is 18.6. The van der Waals surface area contributed by atoms with Gasteiger partial charge in [0.1, 0.15) is 0 Å². The van der Waals surface area contributed by atoms with Crippen LogP contribution in [0.2, 0.25) is 0 Å². The Balaban J connectivity index is 1.65. The Kier molecular flexibility index (Phi) is 6.60. The Labute approximate surface area is 199 Å². The number of rotatable bonds is 4. The van der Waals surface area contributed by atoms with Gasteiger partial charge in [-0.15, -0.1) is 0 Å². The Morgan fingerprint density at radius 1 is 0.417 bits per heavy atom. The van der Waals surface area contributed by atoms with Gasteiger partial charge in [-0.2, -0.15) is 0 Å². The second-order valence-electron chi connectivity index (χ2n) is 8.17. The molecule has 4 rings (SSSR count). The summed E-state index contributed by atoms with van der Waals surface area (Å²) < 4.78 is 125. The second-order valence-corrected chi connectivity index (χ2v) is 8.17. The average Bonchev–Trinajstić information content (AvgIpc) is 2.89. The summed E-state index contributed by atoms with van der Waals surface area (Å²) in [6.45, 7) is 2.65. The Morgan fingerprint density at radius 3 is 1.03 bits per heavy atom. The maximum atomic E-state index is 14.3. The van der Waals surface area contributed by atoms with Gasteiger partial charge in [-0.05, 0) is 29.2 Å². The lowest BCUT2D eigenvalue weighted by Crippen LogP contribution is -2.04. The van der Waals surface area contributed by atoms with Crippen LogP contribution in [0.3, 0.4) is 0 Å². The topological polar surface area (TPSA) is 0 Å². The van der Waals surface area contributed by atoms with E-state index < -0.39 is 69.0 Å². The summed E-state index contributed by atoms with van der Waals surface area (Å²) in [5.41, 5.74) is -1.81. The third kappa shape index (κ3) is 4.02. The van der Waals surface area contributed by atoms with Crippen LogP contribution in [0.25, 0.3) is 22.3 Å². The summed E-state index contributed by atoms with van der Waals surface area (Å²) in [6.07, 6.45) is 0. The standard InChI is InChI=1S/C27H15F9/c1-11(13-3-7-15(8-4-13)17-21(30)19(28)12(2)20(29)22(17)31)14-5-9-16(10-6-14)18-23(32)25(34)27(36)26(35)24(18)33/h3-11H,1-2H3. The molecule has 9 heteroatoms. The fourth-order valence-corrected chi connectivity index (χ4v) is 3.92. The van der Waals surface area contributed by atoms with Gasteiger partial charge >= 0.3 is 0 Å². The summed E-state index contributed by atoms with van der Waals surface area (Å²) in [6, 6.07) is 10.8. The summed E-state index contributed by atoms with van der Waals surface area (Å²) in [5.74, 6) is -16.7. The summed E-state index contributed by atoms with van der Waals surface area (Å²) in [7, 11) is 0. The number of halogens is 9. The van der Waals surface area contributed by atoms with Crippen molar-refractivity contribution in [3.05, 3.63) is 118 Å². The first-order valence-corrected chi connectivity index (χ1v) is 10.5. The van der Waals surface area contributed by atoms with E-state index in [0.717, 1.165) is 6.92 Å². The van der Waals surface area contributed by atoms with Crippen molar-refractivity contribution >= 4 is 0 Å². The maximum absolute atomic E-state index is 14.3. The molecule has 0 aromatic heterocycles. The van der Waals surface area contributed by atoms with Crippen LogP contribution in [0.5, 0.6) is 0 Å². The van der Waals surface area contributed by atoms with Crippen LogP contribution >= 0.6 is 0 Å². The van der Waals surface area contributed by atoms with Crippen molar-refractivity contribution in [2.45, 2.75) is 19.8 Å². The van der Waals surface area contributed by atoms with Crippen LogP contribution in [-0.4, -0.2) is 0 Å². The highest BCUT2D eigenvalue weighted by molar-refractivity contribution is 5.67. The molecular weight excluding hydrogens is 495 g/mol. The minimum atomic E-state index is -2.25. The molecule has 36 heavy (non-hydrogen) atoms. The minimum Gasteiger partial charge on any atom is -0.203 e. The molecule has 0 saturated heterocycles. The monoisotopic (exact) mass is 510 g/mol. The van der Waals surface area contributed by atoms with Gasteiger partial charge in [0.25, 0.3) is 0 Å². The van der Waals surface area contributed by atoms with Gasteiger partial charge in [-0.1, -0.05) is 55.5 Å². The van der Waals surface area contributed by atoms with Crippen molar-refractivity contribution < 1.29 is 39.5 Å². The third-order valence-electron chi connectivity index (χ3n) is 6.09. The molecule has 0 aliphatic carbocycles. The van der Waals surface area contributed by atoms with Crippen molar-refractivity contribution in [1.82, 2.24) is 0 Å². The van der Waals surface area contributed by atoms with Crippen LogP contribution < -0.4 is 0 Å². The van der Waals surface area contributed by atoms with Gasteiger partial charge < -0.3 is 0 Å². The lowest BCUT2D eigenvalue weighted by Gasteiger charge is -2.15. The van der Waals surface area contributed by atoms with E-state index in [1.54, 1.807) is 6.92 Å². The predicted octanol–water partition coefficient (Wildman–Crippen LogP) is 8.73. The molecule has 0 aliphatic rings. The van der Waals surface area contributed by atoms with Gasteiger partial charge in [0, 0.05) is 11.5 Å². The molecule has 0 nitrogen and oxygen atoms in total. The Morgan fingerprint density at radius 2 is 0.694 bits per heavy atom. The molecule has 1 atom stereocenters. The highest BCUT2D eigenvalue weighted by Gasteiger charge is 2.27. The lowest BCUT2D eigenvalue weighted by atomic mass is 9.90. The zero-order chi connectivity index (χ0) is 26.5. The van der Waals surface area contributed by atoms with Crippen molar-refractivity contribution in [2.24, 2.45) is 0 Å². The second kappa shape index (κ2) is 9.37. The molecule has 4 aromatic rings. The summed E-state index contributed by atoms with van der Waals surface area (Å²) in [5, 5.41) is 0. The highest BCUT2D eigenvalue weighted by Crippen LogP contribution is 2.35. The molecule has 4 aromatic carbocycles. The molecule has 0 saturated carbocycles. The van der Waals surface area contributed by atoms with Gasteiger partial charge in [0.15, 0.2) is 46.5 Å². The molecule has 0 N–H and O–H groups in total. The van der Waals surface area contributed by atoms with Crippen molar-refractivity contribution in [2.75, 3.05) is 0 Å². The molecule has 0 fully saturated rings. The van der Waals surface area contributed by atoms with Crippen molar-refractivity contribution in [1.29, 1.82) is 0 Å². The molecule has 0 aliphatic heterocycles. The fraction of sp³-hybridized carbons (Fsp3) is 0.111. The number of benzene rings is 4. The smallest absolute Gasteiger partial charge is 0.200 e. The average molecular weight is 510 g/mol. The fourth-order valence-electron chi connectivity index (χ4n) is 3.92. The minimum absolute atomic E-state index is 0.0968. The van der Waals surface area contributed by atoms with Crippen LogP contribution in [0.4, 0.5) is 39.5 Å². The molecular formula is C27H15F9. The quantitative estimate of drug-likeness (QED) is 0.146. The first kappa shape index (κ1) is 25.3. The first-order valence-electron chi connectivity index (χ1n) is 10.5. The van der Waals surface area contributed by atoms with Crippen LogP contribution in [0.1, 0.15) is 29.5 Å². The normalized spacial score (nSPS) is 12.2. The SMILES string of the molecule is Cc1c(F)c(F)c(-c2ccc(C(C)c3ccc(-c4c(F)c(F)c(F)c(F)c4F)cc3)cc2)c(F)c1F. The van der Waals surface area contributed by atoms with Crippen LogP contribution in [-0.2, 0) is 0 Å². The van der Waals surface area contributed by atoms with Crippen LogP contribution in [0.15, 0.2) is 48.5 Å². The largest absolute Gasteiger partial charge is 0.203 e. The molecule has 0 amide bonds. The Hall–Kier alpha value is -3.75. The van der Waals surface area contributed by atoms with Gasteiger partial charge in [0.2, 0.25) is 5.82 Å². The Bertz CT molecular complexity index is 1300. The van der Waals surface area contributed by atoms with Gasteiger partial charge in [-0.25, -0.2) is 39.5 Å². The summed E-state index contributed by atoms with van der Waals surface area (Å²) in [4.78, 5) is 0. The van der Waals surface area contributed by atoms with E-state index in [0.29, 0.717) is 11.1 Å². The summed E-state index contributed by atoms with van der Waals surface area (Å²) >= 11 is 0. The molecule has 0 bridgehead atoms. The van der Waals surface area contributed by atoms with Crippen LogP contribution in [0, 0.1) is 59.3 Å². The van der Waals surface area contributed by atoms with Crippen molar-refractivity contribution in [3.63, 3.8) is 0 Å². The van der Waals surface area contributed by atoms with Gasteiger partial charge in [0.05, 0.1) is 11.1 Å². The maximum Gasteiger partial charge on any atom is 0.200 e. The highest BCUT2D eigenvalue weighted by atomic mass is 19.2. The van der Waals surface area contributed by atoms with Crippen molar-refractivity contribution in [3.8, 4) is 22.3 Å². The van der Waals surface area contributed by atoms with E-state index in [-0.39, 0.29) is 17.0 Å². The van der Waals surface area contributed by atoms with E-state index >= 15 is 0 Å². The van der Waals surface area contributed by atoms with E-state index in [1.807, 2.05) is 0 Å². The molecule has 0 spiro atoms. The number of hydrogen-bond donors (Lipinski definition) is 0. The van der Waals surface area contributed by atoms with Gasteiger partial charge in [-0.3, -0.25) is 0 Å². The third-order valence-corrected chi connectivity index (χ3v) is 6.09. The van der Waals surface area contributed by atoms with E-state index in [1.165, 1.54) is 48.5 Å². The molecule has 0 heterocycles. The van der Waals surface area contributed by atoms with E-state index in [9.17, 15) is 39.5 Å². The number of hydrogen-bond acceptors (Lipinski definition) is 0. The molecule has 0 radical (unpaired) electrons. The zero-order valence-corrected chi connectivity index (χ0v) is 18.6. The van der Waals surface area contributed by atoms with E-state index in [4.69, 9.17) is 0 Å². The lowest BCUT2D eigenvalue weighted by molar-refractivity contribution is 0.381. The molecule has 1 unspecified atom stereocenters. The van der Waals surface area contributed by atoms with E-state index in [2.05, 4.69) is 0 Å². The molecule has 186 valence electrons.